The van der Waals surface area contributed by atoms with Crippen molar-refractivity contribution in [2.24, 2.45) is 5.16 Å². The molecule has 2 rings (SSSR count). The molecule has 2 aromatic rings. The van der Waals surface area contributed by atoms with Gasteiger partial charge in [-0.25, -0.2) is 0 Å². The number of oxime groups is 1. The third-order valence-corrected chi connectivity index (χ3v) is 2.55. The maximum Gasteiger partial charge on any atom is 0.125 e. The lowest BCUT2D eigenvalue weighted by molar-refractivity contribution is 0.235. The smallest absolute Gasteiger partial charge is 0.125 e. The molecular formula is C14H13NO2. The van der Waals surface area contributed by atoms with Gasteiger partial charge in [0.05, 0.1) is 0 Å². The minimum atomic E-state index is -0.927. The predicted octanol–water partition coefficient (Wildman–Crippen LogP) is 2.60. The van der Waals surface area contributed by atoms with Crippen LogP contribution in [0.15, 0.2) is 65.8 Å². The number of hydrogen-bond donors (Lipinski definition) is 2. The van der Waals surface area contributed by atoms with Gasteiger partial charge in [-0.15, -0.1) is 0 Å². The Morgan fingerprint density at radius 2 is 1.41 bits per heavy atom. The fraction of sp³-hybridized carbons (Fsp3) is 0.0714. The average molecular weight is 227 g/mol. The molecule has 0 aliphatic rings. The van der Waals surface area contributed by atoms with Gasteiger partial charge in [0.15, 0.2) is 0 Å². The van der Waals surface area contributed by atoms with Crippen LogP contribution in [0.2, 0.25) is 0 Å². The molecule has 0 radical (unpaired) electrons. The van der Waals surface area contributed by atoms with Gasteiger partial charge < -0.3 is 10.3 Å². The van der Waals surface area contributed by atoms with E-state index >= 15 is 0 Å². The van der Waals surface area contributed by atoms with Crippen LogP contribution in [0, 0.1) is 0 Å². The largest absolute Gasteiger partial charge is 0.411 e. The molecule has 3 nitrogen and oxygen atoms in total. The molecule has 2 aromatic carbocycles. The Labute approximate surface area is 99.7 Å². The molecule has 0 saturated heterocycles. The van der Waals surface area contributed by atoms with Crippen LogP contribution >= 0.6 is 0 Å². The number of rotatable bonds is 3. The van der Waals surface area contributed by atoms with Crippen LogP contribution in [0.5, 0.6) is 0 Å². The van der Waals surface area contributed by atoms with E-state index in [0.717, 1.165) is 0 Å². The van der Waals surface area contributed by atoms with Crippen LogP contribution in [0.3, 0.4) is 0 Å². The van der Waals surface area contributed by atoms with E-state index in [4.69, 9.17) is 5.21 Å². The van der Waals surface area contributed by atoms with Crippen molar-refractivity contribution in [1.82, 2.24) is 0 Å². The maximum absolute atomic E-state index is 10.1. The van der Waals surface area contributed by atoms with Crippen molar-refractivity contribution in [3.05, 3.63) is 71.8 Å². The maximum atomic E-state index is 10.1. The minimum Gasteiger partial charge on any atom is -0.411 e. The Balaban J connectivity index is 2.33. The first-order valence-corrected chi connectivity index (χ1v) is 5.33. The topological polar surface area (TPSA) is 52.8 Å². The third kappa shape index (κ3) is 2.52. The van der Waals surface area contributed by atoms with Gasteiger partial charge in [-0.3, -0.25) is 0 Å². The summed E-state index contributed by atoms with van der Waals surface area (Å²) in [5.41, 5.74) is 1.65. The first-order chi connectivity index (χ1) is 8.33. The number of aliphatic hydroxyl groups is 1. The van der Waals surface area contributed by atoms with Gasteiger partial charge in [0.25, 0.3) is 0 Å². The molecule has 0 spiro atoms. The summed E-state index contributed by atoms with van der Waals surface area (Å²) in [6.07, 6.45) is -0.927. The Hall–Kier alpha value is -2.13. The fourth-order valence-corrected chi connectivity index (χ4v) is 1.67. The standard InChI is InChI=1S/C14H13NO2/c16-14(12-9-5-2-6-10-12)13(15-17)11-7-3-1-4-8-11/h1-10,14,16-17H/b15-13-/t14-/m0/s1. The van der Waals surface area contributed by atoms with E-state index in [2.05, 4.69) is 5.16 Å². The van der Waals surface area contributed by atoms with Crippen molar-refractivity contribution in [3.63, 3.8) is 0 Å². The molecule has 17 heavy (non-hydrogen) atoms. The molecule has 0 aliphatic carbocycles. The summed E-state index contributed by atoms with van der Waals surface area (Å²) in [5, 5.41) is 22.4. The van der Waals surface area contributed by atoms with E-state index in [1.807, 2.05) is 36.4 Å². The van der Waals surface area contributed by atoms with Gasteiger partial charge in [-0.05, 0) is 5.56 Å². The number of nitrogens with zero attached hydrogens (tertiary/aromatic N) is 1. The molecule has 86 valence electrons. The number of benzene rings is 2. The normalized spacial score (nSPS) is 13.4. The van der Waals surface area contributed by atoms with E-state index in [0.29, 0.717) is 11.1 Å². The Morgan fingerprint density at radius 3 is 1.94 bits per heavy atom. The Kier molecular flexibility index (Phi) is 3.52. The lowest BCUT2D eigenvalue weighted by atomic mass is 9.99. The highest BCUT2D eigenvalue weighted by Gasteiger charge is 2.17. The van der Waals surface area contributed by atoms with E-state index in [1.165, 1.54) is 0 Å². The van der Waals surface area contributed by atoms with Gasteiger partial charge in [-0.2, -0.15) is 0 Å². The van der Waals surface area contributed by atoms with Crippen LogP contribution in [-0.4, -0.2) is 16.0 Å². The second-order valence-corrected chi connectivity index (χ2v) is 3.66. The molecule has 0 fully saturated rings. The highest BCUT2D eigenvalue weighted by Crippen LogP contribution is 2.18. The predicted molar refractivity (Wildman–Crippen MR) is 66.2 cm³/mol. The summed E-state index contributed by atoms with van der Waals surface area (Å²) in [4.78, 5) is 0. The summed E-state index contributed by atoms with van der Waals surface area (Å²) in [5.74, 6) is 0. The fourth-order valence-electron chi connectivity index (χ4n) is 1.67. The van der Waals surface area contributed by atoms with E-state index in [9.17, 15) is 5.11 Å². The minimum absolute atomic E-state index is 0.247. The van der Waals surface area contributed by atoms with Crippen LogP contribution < -0.4 is 0 Å². The molecule has 0 amide bonds. The van der Waals surface area contributed by atoms with Crippen molar-refractivity contribution in [1.29, 1.82) is 0 Å². The monoisotopic (exact) mass is 227 g/mol. The van der Waals surface area contributed by atoms with Crippen molar-refractivity contribution >= 4 is 5.71 Å². The molecular weight excluding hydrogens is 214 g/mol. The van der Waals surface area contributed by atoms with Gasteiger partial charge >= 0.3 is 0 Å². The van der Waals surface area contributed by atoms with Crippen molar-refractivity contribution < 1.29 is 10.3 Å². The summed E-state index contributed by atoms with van der Waals surface area (Å²) in [7, 11) is 0. The second kappa shape index (κ2) is 5.27. The zero-order valence-corrected chi connectivity index (χ0v) is 9.19. The van der Waals surface area contributed by atoms with Gasteiger partial charge in [-0.1, -0.05) is 65.8 Å². The molecule has 2 N–H and O–H groups in total. The van der Waals surface area contributed by atoms with Gasteiger partial charge in [0.1, 0.15) is 11.8 Å². The third-order valence-electron chi connectivity index (χ3n) is 2.55. The SMILES string of the molecule is O/N=C(/c1ccccc1)[C@@H](O)c1ccccc1. The van der Waals surface area contributed by atoms with Crippen LogP contribution in [0.25, 0.3) is 0 Å². The van der Waals surface area contributed by atoms with E-state index < -0.39 is 6.10 Å². The zero-order chi connectivity index (χ0) is 12.1. The van der Waals surface area contributed by atoms with E-state index in [1.54, 1.807) is 24.3 Å². The van der Waals surface area contributed by atoms with Crippen LogP contribution in [0.4, 0.5) is 0 Å². The first-order valence-electron chi connectivity index (χ1n) is 5.33. The molecule has 0 bridgehead atoms. The highest BCUT2D eigenvalue weighted by molar-refractivity contribution is 6.03. The summed E-state index contributed by atoms with van der Waals surface area (Å²) < 4.78 is 0. The number of hydrogen-bond acceptors (Lipinski definition) is 3. The zero-order valence-electron chi connectivity index (χ0n) is 9.19. The van der Waals surface area contributed by atoms with Gasteiger partial charge in [0, 0.05) is 5.56 Å². The summed E-state index contributed by atoms with van der Waals surface area (Å²) in [6.45, 7) is 0. The molecule has 0 unspecified atom stereocenters. The summed E-state index contributed by atoms with van der Waals surface area (Å²) >= 11 is 0. The van der Waals surface area contributed by atoms with Crippen molar-refractivity contribution in [2.45, 2.75) is 6.10 Å². The molecule has 3 heteroatoms. The second-order valence-electron chi connectivity index (χ2n) is 3.66. The quantitative estimate of drug-likeness (QED) is 0.481. The molecule has 0 aliphatic heterocycles. The van der Waals surface area contributed by atoms with Crippen LogP contribution in [0.1, 0.15) is 17.2 Å². The Bertz CT molecular complexity index is 494. The highest BCUT2D eigenvalue weighted by atomic mass is 16.4. The van der Waals surface area contributed by atoms with Crippen LogP contribution in [-0.2, 0) is 0 Å². The Morgan fingerprint density at radius 1 is 0.882 bits per heavy atom. The lowest BCUT2D eigenvalue weighted by Crippen LogP contribution is -2.13. The average Bonchev–Trinajstić information content (AvgIpc) is 2.42. The van der Waals surface area contributed by atoms with Gasteiger partial charge in [0.2, 0.25) is 0 Å². The van der Waals surface area contributed by atoms with Crippen molar-refractivity contribution in [2.75, 3.05) is 0 Å². The first kappa shape index (κ1) is 11.4. The molecule has 1 atom stereocenters. The van der Waals surface area contributed by atoms with E-state index in [-0.39, 0.29) is 5.71 Å². The lowest BCUT2D eigenvalue weighted by Gasteiger charge is -2.12. The number of aliphatic hydroxyl groups excluding tert-OH is 1. The molecule has 0 saturated carbocycles. The molecule has 0 heterocycles. The van der Waals surface area contributed by atoms with Crippen molar-refractivity contribution in [3.8, 4) is 0 Å². The summed E-state index contributed by atoms with van der Waals surface area (Å²) in [6, 6.07) is 18.2. The molecule has 0 aromatic heterocycles.